The number of rotatable bonds is 5. The second-order valence-electron chi connectivity index (χ2n) is 5.85. The molecule has 1 aliphatic heterocycles. The van der Waals surface area contributed by atoms with Crippen molar-refractivity contribution in [1.82, 2.24) is 4.98 Å². The molecule has 2 heterocycles. The number of nitrogens with zero attached hydrogens (tertiary/aromatic N) is 3. The third-order valence-electron chi connectivity index (χ3n) is 4.10. The highest BCUT2D eigenvalue weighted by Crippen LogP contribution is 2.25. The lowest BCUT2D eigenvalue weighted by atomic mass is 10.0. The zero-order valence-electron chi connectivity index (χ0n) is 13.5. The third kappa shape index (κ3) is 4.57. The standard InChI is InChI=1S/C18H18F2N4O/c19-18(20)25-17-7-5-16(6-8-17)24-9-1-2-15(12-24)23-14-4-3-13(10-21)22-11-14/h3-8,11,15,18,23H,1-2,9,12H2/t15-/m1/s1. The first kappa shape index (κ1) is 17.0. The van der Waals surface area contributed by atoms with Crippen LogP contribution in [0.15, 0.2) is 42.6 Å². The van der Waals surface area contributed by atoms with Gasteiger partial charge in [-0.3, -0.25) is 0 Å². The number of benzene rings is 1. The zero-order valence-corrected chi connectivity index (χ0v) is 13.5. The molecular weight excluding hydrogens is 326 g/mol. The minimum Gasteiger partial charge on any atom is -0.435 e. The van der Waals surface area contributed by atoms with Crippen molar-refractivity contribution in [2.45, 2.75) is 25.5 Å². The Morgan fingerprint density at radius 2 is 2.04 bits per heavy atom. The molecule has 0 bridgehead atoms. The van der Waals surface area contributed by atoms with Gasteiger partial charge in [0.15, 0.2) is 0 Å². The van der Waals surface area contributed by atoms with E-state index in [1.54, 1.807) is 36.5 Å². The first-order valence-electron chi connectivity index (χ1n) is 8.06. The average molecular weight is 344 g/mol. The Hall–Kier alpha value is -2.88. The van der Waals surface area contributed by atoms with Gasteiger partial charge in [0.25, 0.3) is 0 Å². The number of hydrogen-bond acceptors (Lipinski definition) is 5. The molecule has 0 spiro atoms. The molecule has 0 unspecified atom stereocenters. The van der Waals surface area contributed by atoms with Crippen LogP contribution in [0, 0.1) is 11.3 Å². The number of ether oxygens (including phenoxy) is 1. The van der Waals surface area contributed by atoms with Crippen LogP contribution in [0.3, 0.4) is 0 Å². The monoisotopic (exact) mass is 344 g/mol. The first-order chi connectivity index (χ1) is 12.1. The van der Waals surface area contributed by atoms with E-state index in [1.807, 2.05) is 12.1 Å². The molecule has 0 saturated carbocycles. The third-order valence-corrected chi connectivity index (χ3v) is 4.10. The second-order valence-corrected chi connectivity index (χ2v) is 5.85. The van der Waals surface area contributed by atoms with Crippen molar-refractivity contribution in [1.29, 1.82) is 5.26 Å². The summed E-state index contributed by atoms with van der Waals surface area (Å²) in [5, 5.41) is 12.2. The SMILES string of the molecule is N#Cc1ccc(N[C@@H]2CCCN(c3ccc(OC(F)F)cc3)C2)cn1. The van der Waals surface area contributed by atoms with E-state index in [0.29, 0.717) is 5.69 Å². The lowest BCUT2D eigenvalue weighted by Crippen LogP contribution is -2.42. The van der Waals surface area contributed by atoms with Crippen molar-refractivity contribution >= 4 is 11.4 Å². The molecule has 7 heteroatoms. The smallest absolute Gasteiger partial charge is 0.387 e. The number of halogens is 2. The maximum absolute atomic E-state index is 12.2. The summed E-state index contributed by atoms with van der Waals surface area (Å²) in [6, 6.07) is 12.5. The summed E-state index contributed by atoms with van der Waals surface area (Å²) in [6.45, 7) is -1.09. The highest BCUT2D eigenvalue weighted by Gasteiger charge is 2.20. The predicted octanol–water partition coefficient (Wildman–Crippen LogP) is 3.64. The minimum atomic E-state index is -2.81. The van der Waals surface area contributed by atoms with Crippen molar-refractivity contribution in [2.24, 2.45) is 0 Å². The first-order valence-corrected chi connectivity index (χ1v) is 8.06. The molecule has 0 amide bonds. The number of pyridine rings is 1. The molecule has 5 nitrogen and oxygen atoms in total. The highest BCUT2D eigenvalue weighted by molar-refractivity contribution is 5.51. The van der Waals surface area contributed by atoms with E-state index in [-0.39, 0.29) is 11.8 Å². The molecule has 0 radical (unpaired) electrons. The largest absolute Gasteiger partial charge is 0.435 e. The molecule has 25 heavy (non-hydrogen) atoms. The Morgan fingerprint density at radius 3 is 2.68 bits per heavy atom. The van der Waals surface area contributed by atoms with E-state index in [4.69, 9.17) is 5.26 Å². The van der Waals surface area contributed by atoms with Crippen LogP contribution >= 0.6 is 0 Å². The van der Waals surface area contributed by atoms with Gasteiger partial charge in [0.05, 0.1) is 11.9 Å². The van der Waals surface area contributed by atoms with Gasteiger partial charge in [-0.2, -0.15) is 14.0 Å². The summed E-state index contributed by atoms with van der Waals surface area (Å²) in [7, 11) is 0. The van der Waals surface area contributed by atoms with E-state index >= 15 is 0 Å². The number of nitriles is 1. The Balaban J connectivity index is 1.61. The second kappa shape index (κ2) is 7.79. The van der Waals surface area contributed by atoms with Crippen LogP contribution in [0.4, 0.5) is 20.2 Å². The summed E-state index contributed by atoms with van der Waals surface area (Å²) in [5.41, 5.74) is 2.25. The molecular formula is C18H18F2N4O. The molecule has 1 aliphatic rings. The Kier molecular flexibility index (Phi) is 5.29. The van der Waals surface area contributed by atoms with E-state index in [9.17, 15) is 8.78 Å². The van der Waals surface area contributed by atoms with Crippen molar-refractivity contribution < 1.29 is 13.5 Å². The van der Waals surface area contributed by atoms with Crippen molar-refractivity contribution in [3.63, 3.8) is 0 Å². The lowest BCUT2D eigenvalue weighted by molar-refractivity contribution is -0.0498. The molecule has 1 aromatic heterocycles. The minimum absolute atomic E-state index is 0.161. The predicted molar refractivity (Wildman–Crippen MR) is 90.9 cm³/mol. The Bertz CT molecular complexity index is 728. The fourth-order valence-corrected chi connectivity index (χ4v) is 2.95. The van der Waals surface area contributed by atoms with Gasteiger partial charge in [-0.1, -0.05) is 0 Å². The van der Waals surface area contributed by atoms with Gasteiger partial charge in [0.1, 0.15) is 17.5 Å². The summed E-state index contributed by atoms with van der Waals surface area (Å²) < 4.78 is 28.8. The van der Waals surface area contributed by atoms with Crippen LogP contribution in [0.1, 0.15) is 18.5 Å². The van der Waals surface area contributed by atoms with Gasteiger partial charge in [0, 0.05) is 24.8 Å². The van der Waals surface area contributed by atoms with E-state index in [2.05, 4.69) is 19.9 Å². The molecule has 0 aliphatic carbocycles. The summed E-state index contributed by atoms with van der Waals surface area (Å²) in [4.78, 5) is 6.27. The quantitative estimate of drug-likeness (QED) is 0.897. The van der Waals surface area contributed by atoms with Gasteiger partial charge in [-0.25, -0.2) is 4.98 Å². The van der Waals surface area contributed by atoms with Crippen LogP contribution in [-0.2, 0) is 0 Å². The highest BCUT2D eigenvalue weighted by atomic mass is 19.3. The summed E-state index contributed by atoms with van der Waals surface area (Å²) in [6.07, 6.45) is 3.72. The fraction of sp³-hybridized carbons (Fsp3) is 0.333. The molecule has 3 rings (SSSR count). The molecule has 1 saturated heterocycles. The normalized spacial score (nSPS) is 17.2. The van der Waals surface area contributed by atoms with Crippen LogP contribution in [0.25, 0.3) is 0 Å². The molecule has 1 fully saturated rings. The molecule has 2 aromatic rings. The number of nitrogens with one attached hydrogen (secondary N) is 1. The Labute approximate surface area is 144 Å². The summed E-state index contributed by atoms with van der Waals surface area (Å²) >= 11 is 0. The van der Waals surface area contributed by atoms with Gasteiger partial charge in [-0.15, -0.1) is 0 Å². The number of alkyl halides is 2. The van der Waals surface area contributed by atoms with Crippen LogP contribution in [-0.4, -0.2) is 30.7 Å². The van der Waals surface area contributed by atoms with Crippen molar-refractivity contribution in [3.8, 4) is 11.8 Å². The van der Waals surface area contributed by atoms with Gasteiger partial charge in [0.2, 0.25) is 0 Å². The fourth-order valence-electron chi connectivity index (χ4n) is 2.95. The maximum Gasteiger partial charge on any atom is 0.387 e. The molecule has 130 valence electrons. The lowest BCUT2D eigenvalue weighted by Gasteiger charge is -2.35. The Morgan fingerprint density at radius 1 is 1.24 bits per heavy atom. The molecule has 1 atom stereocenters. The van der Waals surface area contributed by atoms with E-state index in [1.165, 1.54) is 0 Å². The van der Waals surface area contributed by atoms with Crippen molar-refractivity contribution in [2.75, 3.05) is 23.3 Å². The molecule has 1 N–H and O–H groups in total. The number of piperidine rings is 1. The van der Waals surface area contributed by atoms with Crippen LogP contribution in [0.2, 0.25) is 0 Å². The topological polar surface area (TPSA) is 61.2 Å². The van der Waals surface area contributed by atoms with Crippen molar-refractivity contribution in [3.05, 3.63) is 48.3 Å². The number of hydrogen-bond donors (Lipinski definition) is 1. The number of aromatic nitrogens is 1. The maximum atomic E-state index is 12.2. The van der Waals surface area contributed by atoms with Crippen LogP contribution < -0.4 is 15.0 Å². The average Bonchev–Trinajstić information content (AvgIpc) is 2.63. The zero-order chi connectivity index (χ0) is 17.6. The number of anilines is 2. The van der Waals surface area contributed by atoms with E-state index in [0.717, 1.165) is 37.3 Å². The summed E-state index contributed by atoms with van der Waals surface area (Å²) in [5.74, 6) is 0.161. The van der Waals surface area contributed by atoms with Gasteiger partial charge in [-0.05, 0) is 49.2 Å². The van der Waals surface area contributed by atoms with Gasteiger partial charge < -0.3 is 15.0 Å². The molecule has 1 aromatic carbocycles. The van der Waals surface area contributed by atoms with Crippen LogP contribution in [0.5, 0.6) is 5.75 Å². The van der Waals surface area contributed by atoms with E-state index < -0.39 is 6.61 Å². The van der Waals surface area contributed by atoms with Gasteiger partial charge >= 0.3 is 6.61 Å².